The van der Waals surface area contributed by atoms with Crippen molar-refractivity contribution in [1.82, 2.24) is 9.97 Å². The lowest BCUT2D eigenvalue weighted by atomic mass is 9.96. The first-order valence-corrected chi connectivity index (χ1v) is 7.72. The molecule has 20 heavy (non-hydrogen) atoms. The van der Waals surface area contributed by atoms with E-state index in [0.717, 1.165) is 14.6 Å². The number of hydrogen-bond acceptors (Lipinski definition) is 4. The number of nitrogens with two attached hydrogens (primary N) is 1. The van der Waals surface area contributed by atoms with Gasteiger partial charge in [0.15, 0.2) is 0 Å². The molecule has 0 fully saturated rings. The molecule has 6 heteroatoms. The predicted octanol–water partition coefficient (Wildman–Crippen LogP) is 4.62. The minimum Gasteiger partial charge on any atom is -0.384 e. The van der Waals surface area contributed by atoms with Gasteiger partial charge < -0.3 is 11.1 Å². The molecule has 0 unspecified atom stereocenters. The van der Waals surface area contributed by atoms with E-state index in [1.807, 2.05) is 18.2 Å². The van der Waals surface area contributed by atoms with Crippen LogP contribution in [-0.4, -0.2) is 9.97 Å². The van der Waals surface area contributed by atoms with Gasteiger partial charge in [-0.25, -0.2) is 9.97 Å². The quantitative estimate of drug-likeness (QED) is 0.772. The van der Waals surface area contributed by atoms with Crippen LogP contribution in [0.1, 0.15) is 26.6 Å². The molecule has 0 amide bonds. The van der Waals surface area contributed by atoms with Crippen molar-refractivity contribution in [1.29, 1.82) is 0 Å². The number of hydrogen-bond donors (Lipinski definition) is 2. The second kappa shape index (κ2) is 5.69. The summed E-state index contributed by atoms with van der Waals surface area (Å²) < 4.78 is 1.89. The largest absolute Gasteiger partial charge is 0.384 e. The molecule has 106 valence electrons. The molecule has 3 N–H and O–H groups in total. The van der Waals surface area contributed by atoms with Crippen molar-refractivity contribution >= 4 is 49.2 Å². The molecule has 1 heterocycles. The molecule has 4 nitrogen and oxygen atoms in total. The molecule has 0 aliphatic heterocycles. The molecule has 0 aliphatic rings. The number of nitrogens with zero attached hydrogens (tertiary/aromatic N) is 2. The zero-order chi connectivity index (χ0) is 14.9. The minimum absolute atomic E-state index is 0.156. The predicted molar refractivity (Wildman–Crippen MR) is 90.3 cm³/mol. The van der Waals surface area contributed by atoms with Crippen LogP contribution >= 0.6 is 31.9 Å². The molecule has 0 saturated heterocycles. The van der Waals surface area contributed by atoms with Gasteiger partial charge in [0.25, 0.3) is 0 Å². The molecule has 1 aromatic heterocycles. The summed E-state index contributed by atoms with van der Waals surface area (Å²) in [6, 6.07) is 7.60. The summed E-state index contributed by atoms with van der Waals surface area (Å²) in [5.74, 6) is 1.84. The highest BCUT2D eigenvalue weighted by Gasteiger charge is 2.19. The molecule has 0 bridgehead atoms. The van der Waals surface area contributed by atoms with Crippen LogP contribution in [0.5, 0.6) is 0 Å². The Kier molecular flexibility index (Phi) is 4.34. The number of benzene rings is 1. The van der Waals surface area contributed by atoms with Crippen LogP contribution in [0.25, 0.3) is 0 Å². The average molecular weight is 400 g/mol. The highest BCUT2D eigenvalue weighted by atomic mass is 79.9. The Labute approximate surface area is 135 Å². The van der Waals surface area contributed by atoms with E-state index < -0.39 is 0 Å². The van der Waals surface area contributed by atoms with Crippen LogP contribution in [0, 0.1) is 0 Å². The average Bonchev–Trinajstić information content (AvgIpc) is 2.32. The lowest BCUT2D eigenvalue weighted by Crippen LogP contribution is -2.17. The Balaban J connectivity index is 2.42. The zero-order valence-corrected chi connectivity index (χ0v) is 14.7. The van der Waals surface area contributed by atoms with Crippen LogP contribution in [0.2, 0.25) is 0 Å². The third-order valence-corrected chi connectivity index (χ3v) is 3.95. The second-order valence-electron chi connectivity index (χ2n) is 5.47. The summed E-state index contributed by atoms with van der Waals surface area (Å²) in [6.45, 7) is 6.17. The monoisotopic (exact) mass is 398 g/mol. The van der Waals surface area contributed by atoms with Crippen molar-refractivity contribution in [2.45, 2.75) is 26.2 Å². The first kappa shape index (κ1) is 15.3. The van der Waals surface area contributed by atoms with Crippen LogP contribution in [0.3, 0.4) is 0 Å². The van der Waals surface area contributed by atoms with Crippen LogP contribution in [0.4, 0.5) is 17.3 Å². The van der Waals surface area contributed by atoms with E-state index in [0.29, 0.717) is 17.5 Å². The van der Waals surface area contributed by atoms with Gasteiger partial charge in [0.2, 0.25) is 0 Å². The maximum Gasteiger partial charge on any atom is 0.138 e. The van der Waals surface area contributed by atoms with E-state index in [4.69, 9.17) is 5.73 Å². The van der Waals surface area contributed by atoms with Crippen molar-refractivity contribution < 1.29 is 0 Å². The lowest BCUT2D eigenvalue weighted by Gasteiger charge is -2.18. The van der Waals surface area contributed by atoms with Gasteiger partial charge in [-0.2, -0.15) is 0 Å². The van der Waals surface area contributed by atoms with Crippen molar-refractivity contribution in [2.24, 2.45) is 0 Å². The SMILES string of the molecule is CC(C)(C)c1nc(N)cc(Nc2c(Br)cccc2Br)n1. The molecule has 2 aromatic rings. The number of halogens is 2. The van der Waals surface area contributed by atoms with Crippen molar-refractivity contribution in [2.75, 3.05) is 11.1 Å². The Hall–Kier alpha value is -1.14. The number of rotatable bonds is 2. The van der Waals surface area contributed by atoms with Crippen LogP contribution < -0.4 is 11.1 Å². The number of aromatic nitrogens is 2. The summed E-state index contributed by atoms with van der Waals surface area (Å²) in [5.41, 5.74) is 6.62. The summed E-state index contributed by atoms with van der Waals surface area (Å²) in [7, 11) is 0. The Morgan fingerprint density at radius 2 is 1.70 bits per heavy atom. The standard InChI is InChI=1S/C14H16Br2N4/c1-14(2,3)13-18-10(17)7-11(20-13)19-12-8(15)5-4-6-9(12)16/h4-7H,1-3H3,(H3,17,18,19,20). The van der Waals surface area contributed by atoms with E-state index in [-0.39, 0.29) is 5.41 Å². The summed E-state index contributed by atoms with van der Waals surface area (Å²) in [5, 5.41) is 3.27. The minimum atomic E-state index is -0.156. The highest BCUT2D eigenvalue weighted by Crippen LogP contribution is 2.33. The fraction of sp³-hybridized carbons (Fsp3) is 0.286. The topological polar surface area (TPSA) is 63.8 Å². The molecular formula is C14H16Br2N4. The molecule has 0 aliphatic carbocycles. The third kappa shape index (κ3) is 3.49. The van der Waals surface area contributed by atoms with E-state index in [9.17, 15) is 0 Å². The molecule has 0 atom stereocenters. The Morgan fingerprint density at radius 3 is 2.25 bits per heavy atom. The summed E-state index contributed by atoms with van der Waals surface area (Å²) >= 11 is 7.03. The maximum atomic E-state index is 5.87. The summed E-state index contributed by atoms with van der Waals surface area (Å²) in [6.07, 6.45) is 0. The number of anilines is 3. The first-order chi connectivity index (χ1) is 9.27. The van der Waals surface area contributed by atoms with Gasteiger partial charge in [-0.3, -0.25) is 0 Å². The highest BCUT2D eigenvalue weighted by molar-refractivity contribution is 9.11. The van der Waals surface area contributed by atoms with Crippen molar-refractivity contribution in [3.63, 3.8) is 0 Å². The van der Waals surface area contributed by atoms with E-state index in [1.54, 1.807) is 6.07 Å². The van der Waals surface area contributed by atoms with E-state index in [2.05, 4.69) is 67.9 Å². The van der Waals surface area contributed by atoms with Gasteiger partial charge in [0.1, 0.15) is 17.5 Å². The van der Waals surface area contributed by atoms with Gasteiger partial charge in [-0.1, -0.05) is 26.8 Å². The van der Waals surface area contributed by atoms with Gasteiger partial charge >= 0.3 is 0 Å². The van der Waals surface area contributed by atoms with E-state index in [1.165, 1.54) is 0 Å². The normalized spacial score (nSPS) is 11.4. The van der Waals surface area contributed by atoms with Crippen LogP contribution in [-0.2, 0) is 5.41 Å². The second-order valence-corrected chi connectivity index (χ2v) is 7.18. The van der Waals surface area contributed by atoms with E-state index >= 15 is 0 Å². The number of para-hydroxylation sites is 1. The Morgan fingerprint density at radius 1 is 1.10 bits per heavy atom. The summed E-state index contributed by atoms with van der Waals surface area (Å²) in [4.78, 5) is 8.83. The van der Waals surface area contributed by atoms with Gasteiger partial charge in [0, 0.05) is 20.4 Å². The zero-order valence-electron chi connectivity index (χ0n) is 11.5. The molecule has 1 aromatic carbocycles. The number of nitrogen functional groups attached to an aromatic ring is 1. The maximum absolute atomic E-state index is 5.87. The molecule has 0 saturated carbocycles. The molecule has 0 radical (unpaired) electrons. The fourth-order valence-corrected chi connectivity index (χ4v) is 2.81. The molecule has 2 rings (SSSR count). The van der Waals surface area contributed by atoms with Gasteiger partial charge in [-0.05, 0) is 44.0 Å². The third-order valence-electron chi connectivity index (χ3n) is 2.63. The van der Waals surface area contributed by atoms with Gasteiger partial charge in [-0.15, -0.1) is 0 Å². The lowest BCUT2D eigenvalue weighted by molar-refractivity contribution is 0.547. The molecule has 0 spiro atoms. The van der Waals surface area contributed by atoms with Crippen molar-refractivity contribution in [3.05, 3.63) is 39.0 Å². The van der Waals surface area contributed by atoms with Gasteiger partial charge in [0.05, 0.1) is 5.69 Å². The first-order valence-electron chi connectivity index (χ1n) is 6.13. The number of nitrogens with one attached hydrogen (secondary N) is 1. The smallest absolute Gasteiger partial charge is 0.138 e. The van der Waals surface area contributed by atoms with Crippen molar-refractivity contribution in [3.8, 4) is 0 Å². The fourth-order valence-electron chi connectivity index (χ4n) is 1.61. The Bertz CT molecular complexity index is 615. The van der Waals surface area contributed by atoms with Crippen LogP contribution in [0.15, 0.2) is 33.2 Å². The molecular weight excluding hydrogens is 384 g/mol.